The molecule has 3 nitrogen and oxygen atoms in total. The summed E-state index contributed by atoms with van der Waals surface area (Å²) in [4.78, 5) is 6.72. The van der Waals surface area contributed by atoms with Gasteiger partial charge in [-0.1, -0.05) is 42.0 Å². The van der Waals surface area contributed by atoms with Gasteiger partial charge in [-0.3, -0.25) is 0 Å². The minimum atomic E-state index is 0.411. The van der Waals surface area contributed by atoms with E-state index in [1.54, 1.807) is 6.20 Å². The Hall–Kier alpha value is -1.65. The minimum absolute atomic E-state index is 0.411. The van der Waals surface area contributed by atoms with Crippen molar-refractivity contribution < 1.29 is 0 Å². The fourth-order valence-electron chi connectivity index (χ4n) is 1.77. The van der Waals surface area contributed by atoms with Crippen LogP contribution in [0.5, 0.6) is 0 Å². The Kier molecular flexibility index (Phi) is 4.35. The molecule has 5 heteroatoms. The van der Waals surface area contributed by atoms with E-state index in [0.29, 0.717) is 10.0 Å². The highest BCUT2D eigenvalue weighted by Gasteiger charge is 2.05. The smallest absolute Gasteiger partial charge is 0.128 e. The average molecular weight is 292 g/mol. The zero-order valence-corrected chi connectivity index (χ0v) is 12.1. The van der Waals surface area contributed by atoms with Crippen LogP contribution in [0.3, 0.4) is 0 Å². The molecule has 2 rings (SSSR count). The number of aromatic nitrogens is 1. The van der Waals surface area contributed by atoms with Gasteiger partial charge >= 0.3 is 0 Å². The first-order chi connectivity index (χ1) is 9.06. The molecule has 0 fully saturated rings. The van der Waals surface area contributed by atoms with Gasteiger partial charge in [-0.05, 0) is 23.8 Å². The third kappa shape index (κ3) is 3.66. The Morgan fingerprint density at radius 3 is 2.79 bits per heavy atom. The van der Waals surface area contributed by atoms with Gasteiger partial charge in [-0.15, -0.1) is 0 Å². The van der Waals surface area contributed by atoms with Crippen molar-refractivity contribution >= 4 is 34.6 Å². The number of anilines is 1. The second-order valence-corrected chi connectivity index (χ2v) is 5.13. The van der Waals surface area contributed by atoms with E-state index in [1.165, 1.54) is 0 Å². The first kappa shape index (κ1) is 13.8. The topological polar surface area (TPSA) is 42.1 Å². The molecule has 0 aliphatic heterocycles. The number of hydrogen-bond acceptors (Lipinski definition) is 3. The van der Waals surface area contributed by atoms with Crippen LogP contribution < -0.4 is 10.6 Å². The normalized spacial score (nSPS) is 10.2. The van der Waals surface area contributed by atoms with Gasteiger partial charge in [-0.25, -0.2) is 4.98 Å². The molecule has 0 unspecified atom stereocenters. The van der Waals surface area contributed by atoms with E-state index in [9.17, 15) is 0 Å². The fourth-order valence-corrected chi connectivity index (χ4v) is 2.01. The summed E-state index contributed by atoms with van der Waals surface area (Å²) in [6, 6.07) is 11.6. The van der Waals surface area contributed by atoms with Crippen LogP contribution in [0, 0.1) is 0 Å². The summed E-state index contributed by atoms with van der Waals surface area (Å²) in [6.45, 7) is 0.727. The second kappa shape index (κ2) is 5.99. The summed E-state index contributed by atoms with van der Waals surface area (Å²) in [5, 5.41) is 0.632. The van der Waals surface area contributed by atoms with Gasteiger partial charge in [0, 0.05) is 25.4 Å². The molecule has 0 atom stereocenters. The highest BCUT2D eigenvalue weighted by atomic mass is 35.5. The zero-order chi connectivity index (χ0) is 13.8. The molecular formula is C14H14ClN3S. The van der Waals surface area contributed by atoms with E-state index in [4.69, 9.17) is 29.6 Å². The SMILES string of the molecule is CN(Cc1cccc(C(N)=S)c1)c1ccc(Cl)cn1. The molecule has 2 N–H and O–H groups in total. The molecular weight excluding hydrogens is 278 g/mol. The molecule has 98 valence electrons. The summed E-state index contributed by atoms with van der Waals surface area (Å²) < 4.78 is 0. The summed E-state index contributed by atoms with van der Waals surface area (Å²) in [5.74, 6) is 0.866. The van der Waals surface area contributed by atoms with Crippen LogP contribution in [0.15, 0.2) is 42.6 Å². The average Bonchev–Trinajstić information content (AvgIpc) is 2.39. The van der Waals surface area contributed by atoms with Crippen molar-refractivity contribution in [1.29, 1.82) is 0 Å². The van der Waals surface area contributed by atoms with Crippen LogP contribution in [0.2, 0.25) is 5.02 Å². The predicted molar refractivity (Wildman–Crippen MR) is 83.7 cm³/mol. The first-order valence-electron chi connectivity index (χ1n) is 5.77. The second-order valence-electron chi connectivity index (χ2n) is 4.26. The van der Waals surface area contributed by atoms with Crippen molar-refractivity contribution in [2.45, 2.75) is 6.54 Å². The maximum absolute atomic E-state index is 5.82. The zero-order valence-electron chi connectivity index (χ0n) is 10.5. The van der Waals surface area contributed by atoms with E-state index < -0.39 is 0 Å². The third-order valence-corrected chi connectivity index (χ3v) is 3.19. The summed E-state index contributed by atoms with van der Waals surface area (Å²) in [6.07, 6.45) is 1.64. The number of thiocarbonyl (C=S) groups is 1. The standard InChI is InChI=1S/C14H14ClN3S/c1-18(13-6-5-12(15)8-17-13)9-10-3-2-4-11(7-10)14(16)19/h2-8H,9H2,1H3,(H2,16,19). The van der Waals surface area contributed by atoms with Gasteiger partial charge < -0.3 is 10.6 Å². The van der Waals surface area contributed by atoms with Crippen molar-refractivity contribution in [3.05, 3.63) is 58.7 Å². The van der Waals surface area contributed by atoms with Gasteiger partial charge in [-0.2, -0.15) is 0 Å². The molecule has 19 heavy (non-hydrogen) atoms. The number of nitrogens with zero attached hydrogens (tertiary/aromatic N) is 2. The van der Waals surface area contributed by atoms with E-state index in [0.717, 1.165) is 23.5 Å². The Labute approximate surface area is 123 Å². The van der Waals surface area contributed by atoms with Crippen LogP contribution in [-0.2, 0) is 6.54 Å². The molecule has 0 saturated carbocycles. The number of benzene rings is 1. The monoisotopic (exact) mass is 291 g/mol. The number of pyridine rings is 1. The van der Waals surface area contributed by atoms with E-state index in [2.05, 4.69) is 4.98 Å². The maximum atomic E-state index is 5.82. The largest absolute Gasteiger partial charge is 0.389 e. The Morgan fingerprint density at radius 1 is 1.37 bits per heavy atom. The van der Waals surface area contributed by atoms with Gasteiger partial charge in [0.15, 0.2) is 0 Å². The van der Waals surface area contributed by atoms with Crippen LogP contribution in [-0.4, -0.2) is 17.0 Å². The fraction of sp³-hybridized carbons (Fsp3) is 0.143. The third-order valence-electron chi connectivity index (χ3n) is 2.73. The molecule has 0 radical (unpaired) electrons. The lowest BCUT2D eigenvalue weighted by Crippen LogP contribution is -2.18. The molecule has 1 heterocycles. The minimum Gasteiger partial charge on any atom is -0.389 e. The number of hydrogen-bond donors (Lipinski definition) is 1. The molecule has 0 spiro atoms. The maximum Gasteiger partial charge on any atom is 0.128 e. The van der Waals surface area contributed by atoms with E-state index >= 15 is 0 Å². The first-order valence-corrected chi connectivity index (χ1v) is 6.56. The lowest BCUT2D eigenvalue weighted by molar-refractivity contribution is 0.898. The quantitative estimate of drug-likeness (QED) is 0.880. The lowest BCUT2D eigenvalue weighted by Gasteiger charge is -2.18. The lowest BCUT2D eigenvalue weighted by atomic mass is 10.1. The molecule has 0 aliphatic carbocycles. The van der Waals surface area contributed by atoms with E-state index in [1.807, 2.05) is 48.3 Å². The molecule has 0 saturated heterocycles. The van der Waals surface area contributed by atoms with Crippen LogP contribution in [0.25, 0.3) is 0 Å². The Morgan fingerprint density at radius 2 is 2.16 bits per heavy atom. The van der Waals surface area contributed by atoms with Gasteiger partial charge in [0.05, 0.1) is 5.02 Å². The number of rotatable bonds is 4. The molecule has 1 aromatic heterocycles. The molecule has 0 bridgehead atoms. The van der Waals surface area contributed by atoms with Crippen molar-refractivity contribution in [2.24, 2.45) is 5.73 Å². The highest BCUT2D eigenvalue weighted by molar-refractivity contribution is 7.80. The molecule has 0 aliphatic rings. The molecule has 0 amide bonds. The summed E-state index contributed by atoms with van der Waals surface area (Å²) in [7, 11) is 1.98. The predicted octanol–water partition coefficient (Wildman–Crippen LogP) is 3.01. The van der Waals surface area contributed by atoms with Crippen molar-refractivity contribution in [3.8, 4) is 0 Å². The van der Waals surface area contributed by atoms with Crippen LogP contribution >= 0.6 is 23.8 Å². The molecule has 1 aromatic carbocycles. The van der Waals surface area contributed by atoms with E-state index in [-0.39, 0.29) is 0 Å². The summed E-state index contributed by atoms with van der Waals surface area (Å²) in [5.41, 5.74) is 7.64. The number of nitrogens with two attached hydrogens (primary N) is 1. The van der Waals surface area contributed by atoms with Crippen molar-refractivity contribution in [1.82, 2.24) is 4.98 Å². The molecule has 2 aromatic rings. The van der Waals surface area contributed by atoms with Crippen molar-refractivity contribution in [3.63, 3.8) is 0 Å². The van der Waals surface area contributed by atoms with Gasteiger partial charge in [0.1, 0.15) is 10.8 Å². The Balaban J connectivity index is 2.14. The van der Waals surface area contributed by atoms with Gasteiger partial charge in [0.25, 0.3) is 0 Å². The van der Waals surface area contributed by atoms with Crippen LogP contribution in [0.1, 0.15) is 11.1 Å². The summed E-state index contributed by atoms with van der Waals surface area (Å²) >= 11 is 10.8. The Bertz CT molecular complexity index is 583. The van der Waals surface area contributed by atoms with Crippen LogP contribution in [0.4, 0.5) is 5.82 Å². The number of halogens is 1. The van der Waals surface area contributed by atoms with Crippen molar-refractivity contribution in [2.75, 3.05) is 11.9 Å². The van der Waals surface area contributed by atoms with Gasteiger partial charge in [0.2, 0.25) is 0 Å². The highest BCUT2D eigenvalue weighted by Crippen LogP contribution is 2.16.